The van der Waals surface area contributed by atoms with E-state index in [1.807, 2.05) is 54.7 Å². The van der Waals surface area contributed by atoms with Crippen LogP contribution in [0.4, 0.5) is 0 Å². The molecule has 6 aromatic rings. The lowest BCUT2D eigenvalue weighted by Gasteiger charge is -2.10. The van der Waals surface area contributed by atoms with Crippen molar-refractivity contribution in [2.24, 2.45) is 0 Å². The van der Waals surface area contributed by atoms with Crippen LogP contribution in [0.2, 0.25) is 0 Å². The number of nitrogens with zero attached hydrogens (tertiary/aromatic N) is 4. The molecule has 0 unspecified atom stereocenters. The summed E-state index contributed by atoms with van der Waals surface area (Å²) < 4.78 is 10.9. The first kappa shape index (κ1) is 18.8. The fourth-order valence-corrected chi connectivity index (χ4v) is 4.48. The van der Waals surface area contributed by atoms with Crippen molar-refractivity contribution in [1.29, 1.82) is 0 Å². The number of H-pyrrole nitrogens is 1. The second kappa shape index (κ2) is 7.38. The molecule has 0 fully saturated rings. The van der Waals surface area contributed by atoms with Crippen molar-refractivity contribution in [3.63, 3.8) is 0 Å². The number of ether oxygens (including phenoxy) is 2. The number of benzene rings is 3. The third-order valence-corrected chi connectivity index (χ3v) is 6.12. The van der Waals surface area contributed by atoms with Gasteiger partial charge in [-0.25, -0.2) is 0 Å². The lowest BCUT2D eigenvalue weighted by Crippen LogP contribution is -1.95. The Kier molecular flexibility index (Phi) is 4.07. The van der Waals surface area contributed by atoms with Gasteiger partial charge in [0.2, 0.25) is 6.79 Å². The normalized spacial score (nSPS) is 12.5. The molecule has 1 N–H and O–H groups in total. The minimum atomic E-state index is 0.242. The number of rotatable bonds is 3. The Morgan fingerprint density at radius 3 is 2.53 bits per heavy atom. The van der Waals surface area contributed by atoms with Gasteiger partial charge in [-0.15, -0.1) is 10.2 Å². The number of pyridine rings is 1. The van der Waals surface area contributed by atoms with Crippen molar-refractivity contribution in [3.8, 4) is 45.4 Å². The van der Waals surface area contributed by atoms with Crippen LogP contribution in [0.25, 0.3) is 55.4 Å². The van der Waals surface area contributed by atoms with Crippen molar-refractivity contribution in [2.45, 2.75) is 0 Å². The van der Waals surface area contributed by atoms with E-state index < -0.39 is 0 Å². The molecule has 0 amide bonds. The van der Waals surface area contributed by atoms with Crippen molar-refractivity contribution in [1.82, 2.24) is 25.4 Å². The molecular formula is C27H17N5O2. The first-order valence-corrected chi connectivity index (χ1v) is 10.9. The van der Waals surface area contributed by atoms with Crippen LogP contribution in [0, 0.1) is 0 Å². The van der Waals surface area contributed by atoms with E-state index in [0.29, 0.717) is 0 Å². The summed E-state index contributed by atoms with van der Waals surface area (Å²) in [5.74, 6) is 1.47. The quantitative estimate of drug-likeness (QED) is 0.381. The third-order valence-electron chi connectivity index (χ3n) is 6.12. The molecule has 4 heterocycles. The number of hydrogen-bond acceptors (Lipinski definition) is 6. The van der Waals surface area contributed by atoms with E-state index in [2.05, 4.69) is 49.6 Å². The Hall–Kier alpha value is -4.78. The Morgan fingerprint density at radius 2 is 1.59 bits per heavy atom. The highest BCUT2D eigenvalue weighted by Gasteiger charge is 2.18. The minimum Gasteiger partial charge on any atom is -0.454 e. The molecule has 0 saturated heterocycles. The zero-order valence-corrected chi connectivity index (χ0v) is 17.9. The number of hydrogen-bond donors (Lipinski definition) is 1. The van der Waals surface area contributed by atoms with Crippen LogP contribution in [0.1, 0.15) is 0 Å². The summed E-state index contributed by atoms with van der Waals surface area (Å²) in [5.41, 5.74) is 5.15. The summed E-state index contributed by atoms with van der Waals surface area (Å²) in [6.45, 7) is 0.242. The van der Waals surface area contributed by atoms with Crippen LogP contribution in [0.5, 0.6) is 11.5 Å². The van der Waals surface area contributed by atoms with Gasteiger partial charge in [-0.3, -0.25) is 10.1 Å². The van der Waals surface area contributed by atoms with Gasteiger partial charge in [0.05, 0.1) is 11.4 Å². The molecule has 1 aliphatic rings. The molecule has 7 nitrogen and oxygen atoms in total. The van der Waals surface area contributed by atoms with Gasteiger partial charge in [0.1, 0.15) is 11.4 Å². The van der Waals surface area contributed by atoms with E-state index >= 15 is 0 Å². The van der Waals surface area contributed by atoms with Gasteiger partial charge in [0.25, 0.3) is 0 Å². The molecular weight excluding hydrogens is 426 g/mol. The molecule has 0 saturated carbocycles. The summed E-state index contributed by atoms with van der Waals surface area (Å²) in [6.07, 6.45) is 3.67. The van der Waals surface area contributed by atoms with Gasteiger partial charge in [-0.1, -0.05) is 42.5 Å². The first-order chi connectivity index (χ1) is 16.8. The number of nitrogens with one attached hydrogen (secondary N) is 1. The van der Waals surface area contributed by atoms with Crippen LogP contribution >= 0.6 is 0 Å². The second-order valence-electron chi connectivity index (χ2n) is 8.08. The van der Waals surface area contributed by atoms with Crippen LogP contribution in [-0.2, 0) is 0 Å². The molecule has 34 heavy (non-hydrogen) atoms. The average molecular weight is 443 g/mol. The molecule has 7 rings (SSSR count). The predicted octanol–water partition coefficient (Wildman–Crippen LogP) is 5.63. The highest BCUT2D eigenvalue weighted by molar-refractivity contribution is 6.06. The third kappa shape index (κ3) is 2.91. The smallest absolute Gasteiger partial charge is 0.231 e. The topological polar surface area (TPSA) is 85.8 Å². The van der Waals surface area contributed by atoms with Gasteiger partial charge in [0.15, 0.2) is 11.5 Å². The maximum absolute atomic E-state index is 5.51. The van der Waals surface area contributed by atoms with Crippen LogP contribution in [0.3, 0.4) is 0 Å². The van der Waals surface area contributed by atoms with E-state index in [9.17, 15) is 0 Å². The molecule has 7 heteroatoms. The van der Waals surface area contributed by atoms with Gasteiger partial charge in [-0.2, -0.15) is 5.10 Å². The Bertz CT molecular complexity index is 1700. The van der Waals surface area contributed by atoms with E-state index in [1.54, 1.807) is 6.20 Å². The molecule has 0 spiro atoms. The molecule has 0 atom stereocenters. The van der Waals surface area contributed by atoms with Gasteiger partial charge in [-0.05, 0) is 35.7 Å². The van der Waals surface area contributed by atoms with Crippen molar-refractivity contribution in [3.05, 3.63) is 85.2 Å². The Morgan fingerprint density at radius 1 is 0.735 bits per heavy atom. The fourth-order valence-electron chi connectivity index (χ4n) is 4.48. The summed E-state index contributed by atoms with van der Waals surface area (Å²) in [7, 11) is 0. The largest absolute Gasteiger partial charge is 0.454 e. The minimum absolute atomic E-state index is 0.242. The fraction of sp³-hybridized carbons (Fsp3) is 0.0370. The highest BCUT2D eigenvalue weighted by Crippen LogP contribution is 2.38. The number of aromatic nitrogens is 5. The Labute approximate surface area is 194 Å². The Balaban J connectivity index is 1.36. The lowest BCUT2D eigenvalue weighted by molar-refractivity contribution is 0.174. The summed E-state index contributed by atoms with van der Waals surface area (Å²) >= 11 is 0. The molecule has 162 valence electrons. The highest BCUT2D eigenvalue weighted by atomic mass is 16.7. The molecule has 3 aromatic heterocycles. The molecule has 0 bridgehead atoms. The van der Waals surface area contributed by atoms with Gasteiger partial charge < -0.3 is 9.47 Å². The van der Waals surface area contributed by atoms with Crippen molar-refractivity contribution in [2.75, 3.05) is 6.79 Å². The summed E-state index contributed by atoms with van der Waals surface area (Å²) in [5, 5.41) is 21.2. The second-order valence-corrected chi connectivity index (χ2v) is 8.08. The first-order valence-electron chi connectivity index (χ1n) is 10.9. The molecule has 0 radical (unpaired) electrons. The zero-order chi connectivity index (χ0) is 22.5. The van der Waals surface area contributed by atoms with Crippen LogP contribution < -0.4 is 9.47 Å². The van der Waals surface area contributed by atoms with Gasteiger partial charge >= 0.3 is 0 Å². The SMILES string of the molecule is c1cc(-c2nnc(-c3cc(-c4ccc5c(c4)OCO5)n[nH]3)c3ccccc23)c2ccncc2c1. The lowest BCUT2D eigenvalue weighted by atomic mass is 9.98. The van der Waals surface area contributed by atoms with Crippen molar-refractivity contribution < 1.29 is 9.47 Å². The zero-order valence-electron chi connectivity index (χ0n) is 17.9. The van der Waals surface area contributed by atoms with E-state index in [1.165, 1.54) is 0 Å². The molecule has 3 aromatic carbocycles. The van der Waals surface area contributed by atoms with Gasteiger partial charge in [0, 0.05) is 39.7 Å². The van der Waals surface area contributed by atoms with Crippen LogP contribution in [0.15, 0.2) is 85.2 Å². The van der Waals surface area contributed by atoms with Crippen molar-refractivity contribution >= 4 is 21.5 Å². The van der Waals surface area contributed by atoms with E-state index in [4.69, 9.17) is 9.47 Å². The van der Waals surface area contributed by atoms with E-state index in [-0.39, 0.29) is 6.79 Å². The predicted molar refractivity (Wildman–Crippen MR) is 129 cm³/mol. The maximum Gasteiger partial charge on any atom is 0.231 e. The monoisotopic (exact) mass is 443 g/mol. The molecule has 1 aliphatic heterocycles. The maximum atomic E-state index is 5.51. The number of fused-ring (bicyclic) bond motifs is 3. The van der Waals surface area contributed by atoms with E-state index in [0.717, 1.165) is 66.9 Å². The molecule has 0 aliphatic carbocycles. The van der Waals surface area contributed by atoms with Crippen LogP contribution in [-0.4, -0.2) is 32.2 Å². The summed E-state index contributed by atoms with van der Waals surface area (Å²) in [4.78, 5) is 4.25. The number of aromatic amines is 1. The standard InChI is InChI=1S/C27H17N5O2/c1-2-6-21-20(5-1)26(19-7-3-4-17-14-28-11-10-18(17)19)31-32-27(21)23-13-22(29-30-23)16-8-9-24-25(12-16)34-15-33-24/h1-14H,15H2,(H,29,30). The average Bonchev–Trinajstić information content (AvgIpc) is 3.57. The summed E-state index contributed by atoms with van der Waals surface area (Å²) in [6, 6.07) is 24.1.